The molecule has 3 aromatic rings. The molecule has 0 aliphatic rings. The maximum Gasteiger partial charge on any atom is 0.117 e. The number of rotatable bonds is 3. The van der Waals surface area contributed by atoms with E-state index in [9.17, 15) is 5.11 Å². The van der Waals surface area contributed by atoms with Crippen molar-refractivity contribution < 1.29 is 5.11 Å². The second kappa shape index (κ2) is 5.91. The van der Waals surface area contributed by atoms with Gasteiger partial charge in [-0.15, -0.1) is 0 Å². The summed E-state index contributed by atoms with van der Waals surface area (Å²) in [5.41, 5.74) is 1.81. The van der Waals surface area contributed by atoms with Crippen LogP contribution in [0, 0.1) is 0 Å². The van der Waals surface area contributed by atoms with E-state index >= 15 is 0 Å². The molecule has 100 valence electrons. The number of fused-ring (bicyclic) bond motifs is 1. The van der Waals surface area contributed by atoms with Gasteiger partial charge in [0.05, 0.1) is 12.1 Å². The van der Waals surface area contributed by atoms with Crippen molar-refractivity contribution in [3.05, 3.63) is 58.8 Å². The Hall–Kier alpha value is -1.43. The van der Waals surface area contributed by atoms with Crippen LogP contribution in [0.15, 0.2) is 63.2 Å². The SMILES string of the molecule is OCc1ccc(Br)cc1Sc1ncnc2ccccc12. The summed E-state index contributed by atoms with van der Waals surface area (Å²) < 4.78 is 0.982. The number of aliphatic hydroxyl groups excluding tert-OH is 1. The highest BCUT2D eigenvalue weighted by Crippen LogP contribution is 2.34. The fourth-order valence-electron chi connectivity index (χ4n) is 1.92. The Bertz CT molecular complexity index is 758. The Morgan fingerprint density at radius 3 is 2.80 bits per heavy atom. The summed E-state index contributed by atoms with van der Waals surface area (Å²) in [4.78, 5) is 9.61. The Morgan fingerprint density at radius 2 is 1.95 bits per heavy atom. The van der Waals surface area contributed by atoms with Crippen LogP contribution in [-0.2, 0) is 6.61 Å². The van der Waals surface area contributed by atoms with Crippen molar-refractivity contribution in [2.75, 3.05) is 0 Å². The predicted octanol–water partition coefficient (Wildman–Crippen LogP) is 4.04. The molecule has 1 heterocycles. The van der Waals surface area contributed by atoms with Crippen LogP contribution in [0.5, 0.6) is 0 Å². The molecule has 0 atom stereocenters. The lowest BCUT2D eigenvalue weighted by atomic mass is 10.2. The van der Waals surface area contributed by atoms with Gasteiger partial charge < -0.3 is 5.11 Å². The van der Waals surface area contributed by atoms with Crippen molar-refractivity contribution >= 4 is 38.6 Å². The average molecular weight is 347 g/mol. The van der Waals surface area contributed by atoms with Crippen molar-refractivity contribution in [1.82, 2.24) is 9.97 Å². The standard InChI is InChI=1S/C15H11BrN2OS/c16-11-6-5-10(8-19)14(7-11)20-15-12-3-1-2-4-13(12)17-9-18-15/h1-7,9,19H,8H2. The minimum absolute atomic E-state index is 0.0125. The third-order valence-electron chi connectivity index (χ3n) is 2.91. The molecule has 0 bridgehead atoms. The fourth-order valence-corrected chi connectivity index (χ4v) is 3.47. The molecule has 3 nitrogen and oxygen atoms in total. The second-order valence-electron chi connectivity index (χ2n) is 4.21. The van der Waals surface area contributed by atoms with Gasteiger partial charge in [0, 0.05) is 14.8 Å². The zero-order valence-electron chi connectivity index (χ0n) is 10.5. The Balaban J connectivity index is 2.07. The van der Waals surface area contributed by atoms with Crippen molar-refractivity contribution in [3.63, 3.8) is 0 Å². The van der Waals surface area contributed by atoms with E-state index in [1.807, 2.05) is 42.5 Å². The van der Waals surface area contributed by atoms with Crippen LogP contribution >= 0.6 is 27.7 Å². The number of nitrogens with zero attached hydrogens (tertiary/aromatic N) is 2. The Kier molecular flexibility index (Phi) is 4.00. The first-order valence-electron chi connectivity index (χ1n) is 6.05. The first kappa shape index (κ1) is 13.5. The van der Waals surface area contributed by atoms with E-state index in [1.54, 1.807) is 18.1 Å². The molecule has 0 spiro atoms. The second-order valence-corrected chi connectivity index (χ2v) is 6.15. The van der Waals surface area contributed by atoms with Crippen molar-refractivity contribution in [1.29, 1.82) is 0 Å². The van der Waals surface area contributed by atoms with E-state index in [0.717, 1.165) is 30.9 Å². The zero-order chi connectivity index (χ0) is 13.9. The van der Waals surface area contributed by atoms with Gasteiger partial charge in [-0.05, 0) is 23.8 Å². The van der Waals surface area contributed by atoms with Crippen molar-refractivity contribution in [2.24, 2.45) is 0 Å². The molecular formula is C15H11BrN2OS. The number of aliphatic hydroxyl groups is 1. The normalized spacial score (nSPS) is 10.9. The van der Waals surface area contributed by atoms with Gasteiger partial charge in [0.25, 0.3) is 0 Å². The zero-order valence-corrected chi connectivity index (χ0v) is 12.9. The number of hydrogen-bond donors (Lipinski definition) is 1. The van der Waals surface area contributed by atoms with Gasteiger partial charge in [-0.25, -0.2) is 9.97 Å². The van der Waals surface area contributed by atoms with Crippen LogP contribution < -0.4 is 0 Å². The van der Waals surface area contributed by atoms with E-state index < -0.39 is 0 Å². The third-order valence-corrected chi connectivity index (χ3v) is 4.52. The maximum atomic E-state index is 9.44. The number of aromatic nitrogens is 2. The van der Waals surface area contributed by atoms with Crippen molar-refractivity contribution in [2.45, 2.75) is 16.5 Å². The summed E-state index contributed by atoms with van der Waals surface area (Å²) in [6, 6.07) is 13.7. The summed E-state index contributed by atoms with van der Waals surface area (Å²) >= 11 is 5.00. The summed E-state index contributed by atoms with van der Waals surface area (Å²) in [6.07, 6.45) is 1.57. The molecule has 1 aromatic heterocycles. The number of halogens is 1. The quantitative estimate of drug-likeness (QED) is 0.727. The van der Waals surface area contributed by atoms with Gasteiger partial charge >= 0.3 is 0 Å². The molecule has 5 heteroatoms. The highest BCUT2D eigenvalue weighted by Gasteiger charge is 2.09. The number of para-hydroxylation sites is 1. The number of benzene rings is 2. The van der Waals surface area contributed by atoms with Gasteiger partial charge in [-0.3, -0.25) is 0 Å². The molecular weight excluding hydrogens is 336 g/mol. The maximum absolute atomic E-state index is 9.44. The van der Waals surface area contributed by atoms with Crippen LogP contribution in [0.2, 0.25) is 0 Å². The summed E-state index contributed by atoms with van der Waals surface area (Å²) in [5.74, 6) is 0. The van der Waals surface area contributed by atoms with E-state index in [0.29, 0.717) is 0 Å². The van der Waals surface area contributed by atoms with E-state index in [4.69, 9.17) is 0 Å². The number of hydrogen-bond acceptors (Lipinski definition) is 4. The molecule has 1 N–H and O–H groups in total. The van der Waals surface area contributed by atoms with E-state index in [2.05, 4.69) is 25.9 Å². The molecule has 20 heavy (non-hydrogen) atoms. The molecule has 0 aliphatic heterocycles. The monoisotopic (exact) mass is 346 g/mol. The fraction of sp³-hybridized carbons (Fsp3) is 0.0667. The molecule has 0 unspecified atom stereocenters. The molecule has 0 radical (unpaired) electrons. The lowest BCUT2D eigenvalue weighted by molar-refractivity contribution is 0.279. The lowest BCUT2D eigenvalue weighted by Crippen LogP contribution is -1.90. The Labute approximate surface area is 129 Å². The molecule has 0 aliphatic carbocycles. The van der Waals surface area contributed by atoms with Crippen molar-refractivity contribution in [3.8, 4) is 0 Å². The van der Waals surface area contributed by atoms with Gasteiger partial charge in [0.15, 0.2) is 0 Å². The first-order chi connectivity index (χ1) is 9.78. The van der Waals surface area contributed by atoms with Gasteiger partial charge in [-0.1, -0.05) is 52.0 Å². The van der Waals surface area contributed by atoms with Crippen LogP contribution in [-0.4, -0.2) is 15.1 Å². The predicted molar refractivity (Wildman–Crippen MR) is 83.7 cm³/mol. The van der Waals surface area contributed by atoms with Crippen LogP contribution in [0.1, 0.15) is 5.56 Å². The summed E-state index contributed by atoms with van der Waals surface area (Å²) in [7, 11) is 0. The summed E-state index contributed by atoms with van der Waals surface area (Å²) in [5, 5.41) is 11.3. The third kappa shape index (κ3) is 2.70. The molecule has 0 saturated carbocycles. The van der Waals surface area contributed by atoms with Crippen LogP contribution in [0.3, 0.4) is 0 Å². The minimum atomic E-state index is 0.0125. The van der Waals surface area contributed by atoms with E-state index in [-0.39, 0.29) is 6.61 Å². The molecule has 0 amide bonds. The molecule has 3 rings (SSSR count). The van der Waals surface area contributed by atoms with Gasteiger partial charge in [-0.2, -0.15) is 0 Å². The molecule has 2 aromatic carbocycles. The largest absolute Gasteiger partial charge is 0.392 e. The van der Waals surface area contributed by atoms with Gasteiger partial charge in [0.1, 0.15) is 11.4 Å². The average Bonchev–Trinajstić information content (AvgIpc) is 2.48. The molecule has 0 saturated heterocycles. The first-order valence-corrected chi connectivity index (χ1v) is 7.66. The lowest BCUT2D eigenvalue weighted by Gasteiger charge is -2.08. The van der Waals surface area contributed by atoms with Gasteiger partial charge in [0.2, 0.25) is 0 Å². The Morgan fingerprint density at radius 1 is 1.10 bits per heavy atom. The topological polar surface area (TPSA) is 46.0 Å². The smallest absolute Gasteiger partial charge is 0.117 e. The highest BCUT2D eigenvalue weighted by molar-refractivity contribution is 9.10. The highest BCUT2D eigenvalue weighted by atomic mass is 79.9. The minimum Gasteiger partial charge on any atom is -0.392 e. The van der Waals surface area contributed by atoms with Crippen LogP contribution in [0.4, 0.5) is 0 Å². The van der Waals surface area contributed by atoms with E-state index in [1.165, 1.54) is 0 Å². The van der Waals surface area contributed by atoms with Crippen LogP contribution in [0.25, 0.3) is 10.9 Å². The molecule has 0 fully saturated rings. The summed E-state index contributed by atoms with van der Waals surface area (Å²) in [6.45, 7) is 0.0125.